The van der Waals surface area contributed by atoms with E-state index in [2.05, 4.69) is 17.1 Å². The first-order chi connectivity index (χ1) is 9.35. The number of oxazole rings is 1. The van der Waals surface area contributed by atoms with E-state index in [-0.39, 0.29) is 0 Å². The molecule has 19 heavy (non-hydrogen) atoms. The van der Waals surface area contributed by atoms with Gasteiger partial charge in [-0.1, -0.05) is 48.2 Å². The minimum atomic E-state index is 0.571. The summed E-state index contributed by atoms with van der Waals surface area (Å²) < 4.78 is 5.67. The van der Waals surface area contributed by atoms with Crippen LogP contribution in [0.25, 0.3) is 11.1 Å². The lowest BCUT2D eigenvalue weighted by atomic mass is 10.1. The molecule has 0 aliphatic rings. The fraction of sp³-hybridized carbons (Fsp3) is 0.133. The van der Waals surface area contributed by atoms with Crippen molar-refractivity contribution >= 4 is 22.9 Å². The fourth-order valence-corrected chi connectivity index (χ4v) is 2.69. The van der Waals surface area contributed by atoms with Gasteiger partial charge in [-0.15, -0.1) is 0 Å². The highest BCUT2D eigenvalue weighted by molar-refractivity contribution is 7.98. The smallest absolute Gasteiger partial charge is 0.257 e. The summed E-state index contributed by atoms with van der Waals surface area (Å²) in [5, 5.41) is 0.708. The summed E-state index contributed by atoms with van der Waals surface area (Å²) in [5.74, 6) is 0.834. The summed E-state index contributed by atoms with van der Waals surface area (Å²) in [5.41, 5.74) is 9.76. The molecule has 3 nitrogen and oxygen atoms in total. The van der Waals surface area contributed by atoms with Crippen LogP contribution in [0.4, 0.5) is 0 Å². The van der Waals surface area contributed by atoms with Gasteiger partial charge in [0.15, 0.2) is 5.58 Å². The van der Waals surface area contributed by atoms with Crippen molar-refractivity contribution in [1.82, 2.24) is 4.98 Å². The van der Waals surface area contributed by atoms with Gasteiger partial charge in [-0.05, 0) is 23.3 Å². The largest absolute Gasteiger partial charge is 0.431 e. The average Bonchev–Trinajstić information content (AvgIpc) is 2.88. The maximum atomic E-state index is 5.67. The van der Waals surface area contributed by atoms with Gasteiger partial charge in [-0.2, -0.15) is 0 Å². The second-order valence-corrected chi connectivity index (χ2v) is 5.19. The van der Waals surface area contributed by atoms with E-state index in [4.69, 9.17) is 10.2 Å². The number of nitrogens with zero attached hydrogens (tertiary/aromatic N) is 1. The first-order valence-electron chi connectivity index (χ1n) is 6.11. The van der Waals surface area contributed by atoms with Gasteiger partial charge in [0.05, 0.1) is 0 Å². The first kappa shape index (κ1) is 12.3. The summed E-state index contributed by atoms with van der Waals surface area (Å²) in [6.45, 7) is 0.571. The molecule has 0 spiro atoms. The topological polar surface area (TPSA) is 52.0 Å². The van der Waals surface area contributed by atoms with Crippen LogP contribution in [0.15, 0.2) is 58.2 Å². The molecule has 1 heterocycles. The van der Waals surface area contributed by atoms with Crippen LogP contribution in [0.1, 0.15) is 11.1 Å². The Kier molecular flexibility index (Phi) is 3.53. The van der Waals surface area contributed by atoms with E-state index in [0.29, 0.717) is 11.8 Å². The molecule has 96 valence electrons. The average molecular weight is 270 g/mol. The van der Waals surface area contributed by atoms with Crippen LogP contribution in [-0.4, -0.2) is 4.98 Å². The van der Waals surface area contributed by atoms with Crippen LogP contribution < -0.4 is 5.73 Å². The zero-order valence-corrected chi connectivity index (χ0v) is 11.2. The van der Waals surface area contributed by atoms with Gasteiger partial charge in [0.1, 0.15) is 5.52 Å². The second-order valence-electron chi connectivity index (χ2n) is 4.26. The molecule has 1 aromatic heterocycles. The maximum Gasteiger partial charge on any atom is 0.257 e. The normalized spacial score (nSPS) is 11.0. The molecule has 3 aromatic rings. The van der Waals surface area contributed by atoms with Crippen LogP contribution >= 0.6 is 11.8 Å². The SMILES string of the molecule is NCc1cccc(CSc2nc3ccccc3o2)c1. The van der Waals surface area contributed by atoms with Gasteiger partial charge in [0.25, 0.3) is 5.22 Å². The predicted molar refractivity (Wildman–Crippen MR) is 77.9 cm³/mol. The first-order valence-corrected chi connectivity index (χ1v) is 7.10. The summed E-state index contributed by atoms with van der Waals surface area (Å²) in [4.78, 5) is 4.44. The van der Waals surface area contributed by atoms with E-state index in [9.17, 15) is 0 Å². The number of hydrogen-bond donors (Lipinski definition) is 1. The van der Waals surface area contributed by atoms with Gasteiger partial charge in [-0.3, -0.25) is 0 Å². The van der Waals surface area contributed by atoms with Crippen molar-refractivity contribution in [3.05, 3.63) is 59.7 Å². The number of para-hydroxylation sites is 2. The molecular weight excluding hydrogens is 256 g/mol. The van der Waals surface area contributed by atoms with Gasteiger partial charge in [0, 0.05) is 12.3 Å². The van der Waals surface area contributed by atoms with E-state index >= 15 is 0 Å². The third kappa shape index (κ3) is 2.80. The molecule has 0 unspecified atom stereocenters. The molecule has 0 amide bonds. The van der Waals surface area contributed by atoms with E-state index < -0.39 is 0 Å². The van der Waals surface area contributed by atoms with Crippen molar-refractivity contribution in [2.45, 2.75) is 17.5 Å². The number of fused-ring (bicyclic) bond motifs is 1. The Morgan fingerprint density at radius 1 is 1.05 bits per heavy atom. The number of thioether (sulfide) groups is 1. The van der Waals surface area contributed by atoms with Gasteiger partial charge < -0.3 is 10.2 Å². The Bertz CT molecular complexity index is 660. The third-order valence-corrected chi connectivity index (χ3v) is 3.76. The highest BCUT2D eigenvalue weighted by Crippen LogP contribution is 2.26. The van der Waals surface area contributed by atoms with Gasteiger partial charge in [0.2, 0.25) is 0 Å². The Labute approximate surface area is 115 Å². The standard InChI is InChI=1S/C15H14N2OS/c16-9-11-4-3-5-12(8-11)10-19-15-17-13-6-1-2-7-14(13)18-15/h1-8H,9-10,16H2. The fourth-order valence-electron chi connectivity index (χ4n) is 1.90. The third-order valence-electron chi connectivity index (χ3n) is 2.86. The number of aromatic nitrogens is 1. The predicted octanol–water partition coefficient (Wildman–Crippen LogP) is 3.58. The van der Waals surface area contributed by atoms with Crippen molar-refractivity contribution in [2.75, 3.05) is 0 Å². The Morgan fingerprint density at radius 3 is 2.74 bits per heavy atom. The maximum absolute atomic E-state index is 5.67. The Balaban J connectivity index is 1.74. The lowest BCUT2D eigenvalue weighted by molar-refractivity contribution is 0.489. The number of rotatable bonds is 4. The summed E-state index contributed by atoms with van der Waals surface area (Å²) in [6, 6.07) is 16.1. The second kappa shape index (κ2) is 5.47. The summed E-state index contributed by atoms with van der Waals surface area (Å²) >= 11 is 1.60. The zero-order valence-electron chi connectivity index (χ0n) is 10.4. The van der Waals surface area contributed by atoms with Crippen molar-refractivity contribution in [3.8, 4) is 0 Å². The van der Waals surface area contributed by atoms with Crippen LogP contribution in [0.2, 0.25) is 0 Å². The molecular formula is C15H14N2OS. The van der Waals surface area contributed by atoms with E-state index in [1.54, 1.807) is 11.8 Å². The van der Waals surface area contributed by atoms with Gasteiger partial charge in [-0.25, -0.2) is 4.98 Å². The Hall–Kier alpha value is -1.78. The molecule has 0 radical (unpaired) electrons. The number of hydrogen-bond acceptors (Lipinski definition) is 4. The van der Waals surface area contributed by atoms with E-state index in [1.807, 2.05) is 36.4 Å². The molecule has 0 bridgehead atoms. The minimum absolute atomic E-state index is 0.571. The molecule has 0 fully saturated rings. The van der Waals surface area contributed by atoms with Crippen molar-refractivity contribution in [2.24, 2.45) is 5.73 Å². The van der Waals surface area contributed by atoms with Crippen molar-refractivity contribution in [3.63, 3.8) is 0 Å². The van der Waals surface area contributed by atoms with Crippen molar-refractivity contribution < 1.29 is 4.42 Å². The van der Waals surface area contributed by atoms with Crippen LogP contribution in [0.5, 0.6) is 0 Å². The van der Waals surface area contributed by atoms with E-state index in [1.165, 1.54) is 5.56 Å². The molecule has 4 heteroatoms. The van der Waals surface area contributed by atoms with Crippen LogP contribution in [0, 0.1) is 0 Å². The number of benzene rings is 2. The van der Waals surface area contributed by atoms with Crippen molar-refractivity contribution in [1.29, 1.82) is 0 Å². The molecule has 0 aliphatic heterocycles. The molecule has 3 rings (SSSR count). The quantitative estimate of drug-likeness (QED) is 0.736. The molecule has 2 N–H and O–H groups in total. The number of nitrogens with two attached hydrogens (primary N) is 1. The van der Waals surface area contributed by atoms with Crippen LogP contribution in [0.3, 0.4) is 0 Å². The molecule has 0 atom stereocenters. The molecule has 2 aromatic carbocycles. The van der Waals surface area contributed by atoms with Gasteiger partial charge >= 0.3 is 0 Å². The van der Waals surface area contributed by atoms with E-state index in [0.717, 1.165) is 22.4 Å². The lowest BCUT2D eigenvalue weighted by Gasteiger charge is -2.01. The molecule has 0 aliphatic carbocycles. The summed E-state index contributed by atoms with van der Waals surface area (Å²) in [7, 11) is 0. The lowest BCUT2D eigenvalue weighted by Crippen LogP contribution is -1.96. The Morgan fingerprint density at radius 2 is 1.89 bits per heavy atom. The zero-order chi connectivity index (χ0) is 13.1. The minimum Gasteiger partial charge on any atom is -0.431 e. The molecule has 0 saturated heterocycles. The highest BCUT2D eigenvalue weighted by Gasteiger charge is 2.05. The summed E-state index contributed by atoms with van der Waals surface area (Å²) in [6.07, 6.45) is 0. The monoisotopic (exact) mass is 270 g/mol. The van der Waals surface area contributed by atoms with Crippen LogP contribution in [-0.2, 0) is 12.3 Å². The molecule has 0 saturated carbocycles. The highest BCUT2D eigenvalue weighted by atomic mass is 32.2.